The van der Waals surface area contributed by atoms with Crippen molar-refractivity contribution in [2.45, 2.75) is 63.0 Å². The Morgan fingerprint density at radius 3 is 2.05 bits per heavy atom. The molecule has 3 amide bonds. The van der Waals surface area contributed by atoms with Crippen molar-refractivity contribution in [2.75, 3.05) is 20.2 Å². The molecule has 0 spiro atoms. The highest BCUT2D eigenvalue weighted by Crippen LogP contribution is 2.50. The number of hydrogen-bond acceptors (Lipinski definition) is 4. The number of aliphatic hydroxyl groups is 1. The van der Waals surface area contributed by atoms with Gasteiger partial charge in [-0.2, -0.15) is 26.3 Å². The summed E-state index contributed by atoms with van der Waals surface area (Å²) in [5.41, 5.74) is -6.66. The summed E-state index contributed by atoms with van der Waals surface area (Å²) >= 11 is 0. The Bertz CT molecular complexity index is 1170. The first-order chi connectivity index (χ1) is 18.0. The molecule has 0 radical (unpaired) electrons. The lowest BCUT2D eigenvalue weighted by molar-refractivity contribution is -0.376. The number of hydrogen-bond donors (Lipinski definition) is 1. The second-order valence-corrected chi connectivity index (χ2v) is 9.96. The molecule has 1 N–H and O–H groups in total. The van der Waals surface area contributed by atoms with Crippen LogP contribution in [0.25, 0.3) is 0 Å². The van der Waals surface area contributed by atoms with Crippen molar-refractivity contribution in [2.24, 2.45) is 0 Å². The third kappa shape index (κ3) is 6.00. The normalized spacial score (nSPS) is 16.3. The van der Waals surface area contributed by atoms with Crippen LogP contribution in [0.1, 0.15) is 49.8 Å². The summed E-state index contributed by atoms with van der Waals surface area (Å²) in [6.07, 6.45) is -10.5. The first kappa shape index (κ1) is 30.3. The summed E-state index contributed by atoms with van der Waals surface area (Å²) in [4.78, 5) is 27.3. The lowest BCUT2D eigenvalue weighted by Crippen LogP contribution is -2.53. The number of nitrogens with zero attached hydrogens (tertiary/aromatic N) is 2. The van der Waals surface area contributed by atoms with Crippen molar-refractivity contribution in [3.05, 3.63) is 65.2 Å². The smallest absolute Gasteiger partial charge is 0.430 e. The summed E-state index contributed by atoms with van der Waals surface area (Å²) in [6.45, 7) is 3.62. The predicted molar refractivity (Wildman–Crippen MR) is 130 cm³/mol. The van der Waals surface area contributed by atoms with Crippen LogP contribution >= 0.6 is 0 Å². The number of benzene rings is 2. The van der Waals surface area contributed by atoms with Crippen LogP contribution in [0.3, 0.4) is 0 Å². The van der Waals surface area contributed by atoms with Gasteiger partial charge < -0.3 is 14.7 Å². The SMILES string of the molecule is CN1C(=O)N(CCCCCOc2ccc(C(O)(C(F)(F)F)C(F)(F)F)cc2Cc2ccccc2)C(=O)C1(C)C. The third-order valence-electron chi connectivity index (χ3n) is 6.94. The zero-order chi connectivity index (χ0) is 29.2. The van der Waals surface area contributed by atoms with Crippen LogP contribution in [0.2, 0.25) is 0 Å². The van der Waals surface area contributed by atoms with Crippen LogP contribution in [0.5, 0.6) is 5.75 Å². The van der Waals surface area contributed by atoms with Crippen LogP contribution in [0, 0.1) is 0 Å². The predicted octanol–water partition coefficient (Wildman–Crippen LogP) is 5.81. The number of ether oxygens (including phenoxy) is 1. The number of unbranched alkanes of at least 4 members (excludes halogenated alkanes) is 2. The molecule has 39 heavy (non-hydrogen) atoms. The fourth-order valence-corrected chi connectivity index (χ4v) is 4.30. The number of halogens is 6. The second-order valence-electron chi connectivity index (χ2n) is 9.96. The average Bonchev–Trinajstić information content (AvgIpc) is 3.00. The van der Waals surface area contributed by atoms with E-state index >= 15 is 0 Å². The van der Waals surface area contributed by atoms with Gasteiger partial charge in [0.25, 0.3) is 11.5 Å². The summed E-state index contributed by atoms with van der Waals surface area (Å²) in [6, 6.07) is 10.2. The van der Waals surface area contributed by atoms with Crippen LogP contribution in [-0.2, 0) is 16.8 Å². The first-order valence-electron chi connectivity index (χ1n) is 12.3. The van der Waals surface area contributed by atoms with Crippen LogP contribution in [-0.4, -0.2) is 64.9 Å². The Labute approximate surface area is 222 Å². The first-order valence-corrected chi connectivity index (χ1v) is 12.3. The van der Waals surface area contributed by atoms with Crippen molar-refractivity contribution in [1.82, 2.24) is 9.80 Å². The molecular weight excluding hydrogens is 530 g/mol. The minimum Gasteiger partial charge on any atom is -0.493 e. The van der Waals surface area contributed by atoms with E-state index in [0.29, 0.717) is 37.0 Å². The van der Waals surface area contributed by atoms with E-state index in [1.54, 1.807) is 51.2 Å². The van der Waals surface area contributed by atoms with E-state index in [2.05, 4.69) is 0 Å². The Morgan fingerprint density at radius 2 is 1.51 bits per heavy atom. The molecule has 1 fully saturated rings. The van der Waals surface area contributed by atoms with Crippen LogP contribution < -0.4 is 4.74 Å². The van der Waals surface area contributed by atoms with Gasteiger partial charge in [0, 0.05) is 25.6 Å². The molecule has 1 heterocycles. The maximum atomic E-state index is 13.4. The molecule has 0 aliphatic carbocycles. The third-order valence-corrected chi connectivity index (χ3v) is 6.94. The van der Waals surface area contributed by atoms with Gasteiger partial charge in [0.15, 0.2) is 0 Å². The summed E-state index contributed by atoms with van der Waals surface area (Å²) < 4.78 is 86.4. The van der Waals surface area contributed by atoms with E-state index in [1.165, 1.54) is 9.80 Å². The fourth-order valence-electron chi connectivity index (χ4n) is 4.30. The van der Waals surface area contributed by atoms with Gasteiger partial charge in [-0.1, -0.05) is 36.4 Å². The van der Waals surface area contributed by atoms with Crippen LogP contribution in [0.4, 0.5) is 31.1 Å². The minimum absolute atomic E-state index is 0.0295. The number of carbonyl (C=O) groups excluding carboxylic acids is 2. The Morgan fingerprint density at radius 1 is 0.897 bits per heavy atom. The number of amides is 3. The highest BCUT2D eigenvalue weighted by molar-refractivity contribution is 6.06. The van der Waals surface area contributed by atoms with Gasteiger partial charge in [-0.3, -0.25) is 9.69 Å². The number of imide groups is 1. The molecule has 0 bridgehead atoms. The van der Waals surface area contributed by atoms with Crippen molar-refractivity contribution in [3.63, 3.8) is 0 Å². The van der Waals surface area contributed by atoms with Gasteiger partial charge in [-0.15, -0.1) is 0 Å². The maximum Gasteiger partial charge on any atom is 0.430 e. The zero-order valence-corrected chi connectivity index (χ0v) is 21.7. The van der Waals surface area contributed by atoms with E-state index in [9.17, 15) is 41.0 Å². The Hall–Kier alpha value is -3.28. The number of carbonyl (C=O) groups is 2. The molecule has 0 unspecified atom stereocenters. The van der Waals surface area contributed by atoms with Gasteiger partial charge >= 0.3 is 18.4 Å². The molecule has 1 aliphatic heterocycles. The van der Waals surface area contributed by atoms with Gasteiger partial charge in [-0.05, 0) is 56.4 Å². The molecule has 6 nitrogen and oxygen atoms in total. The molecule has 12 heteroatoms. The average molecular weight is 561 g/mol. The molecule has 1 saturated heterocycles. The number of urea groups is 1. The summed E-state index contributed by atoms with van der Waals surface area (Å²) in [5.74, 6) is -0.211. The molecule has 0 aromatic heterocycles. The Balaban J connectivity index is 1.71. The topological polar surface area (TPSA) is 70.1 Å². The highest BCUT2D eigenvalue weighted by Gasteiger charge is 2.71. The van der Waals surface area contributed by atoms with E-state index in [1.807, 2.05) is 0 Å². The lowest BCUT2D eigenvalue weighted by atomic mass is 9.89. The van der Waals surface area contributed by atoms with Gasteiger partial charge in [0.1, 0.15) is 11.3 Å². The fraction of sp³-hybridized carbons (Fsp3) is 0.481. The molecule has 214 valence electrons. The molecule has 1 aliphatic rings. The maximum absolute atomic E-state index is 13.4. The van der Waals surface area contributed by atoms with Crippen molar-refractivity contribution in [3.8, 4) is 5.75 Å². The van der Waals surface area contributed by atoms with Gasteiger partial charge in [0.05, 0.1) is 6.61 Å². The molecule has 2 aromatic carbocycles. The van der Waals surface area contributed by atoms with Crippen molar-refractivity contribution >= 4 is 11.9 Å². The molecular formula is C27H30F6N2O4. The molecule has 3 rings (SSSR count). The highest BCUT2D eigenvalue weighted by atomic mass is 19.4. The van der Waals surface area contributed by atoms with Gasteiger partial charge in [0.2, 0.25) is 0 Å². The zero-order valence-electron chi connectivity index (χ0n) is 21.7. The van der Waals surface area contributed by atoms with Crippen LogP contribution in [0.15, 0.2) is 48.5 Å². The quantitative estimate of drug-likeness (QED) is 0.226. The Kier molecular flexibility index (Phi) is 8.59. The standard InChI is InChI=1S/C27H30F6N2O4/c1-24(2)22(36)35(23(37)34(24)3)14-8-5-9-15-39-21-13-12-20(25(38,26(28,29)30)27(31,32)33)17-19(21)16-18-10-6-4-7-11-18/h4,6-7,10-13,17,38H,5,8-9,14-16H2,1-3H3. The second kappa shape index (κ2) is 11.1. The van der Waals surface area contributed by atoms with E-state index in [0.717, 1.165) is 6.07 Å². The summed E-state index contributed by atoms with van der Waals surface area (Å²) in [5, 5.41) is 9.84. The van der Waals surface area contributed by atoms with Crippen molar-refractivity contribution < 1.29 is 45.8 Å². The lowest BCUT2D eigenvalue weighted by Gasteiger charge is -2.33. The number of likely N-dealkylation sites (N-methyl/N-ethyl adjacent to an activating group) is 1. The minimum atomic E-state index is -6.00. The van der Waals surface area contributed by atoms with Crippen molar-refractivity contribution in [1.29, 1.82) is 0 Å². The van der Waals surface area contributed by atoms with Gasteiger partial charge in [-0.25, -0.2) is 4.79 Å². The monoisotopic (exact) mass is 560 g/mol. The number of alkyl halides is 6. The molecule has 2 aromatic rings. The molecule has 0 atom stereocenters. The molecule has 0 saturated carbocycles. The van der Waals surface area contributed by atoms with E-state index < -0.39 is 29.1 Å². The summed E-state index contributed by atoms with van der Waals surface area (Å²) in [7, 11) is 1.55. The largest absolute Gasteiger partial charge is 0.493 e. The van der Waals surface area contributed by atoms with E-state index in [4.69, 9.17) is 4.74 Å². The van der Waals surface area contributed by atoms with E-state index in [-0.39, 0.29) is 42.8 Å². The number of rotatable bonds is 10.